The van der Waals surface area contributed by atoms with E-state index < -0.39 is 43.2 Å². The summed E-state index contributed by atoms with van der Waals surface area (Å²) < 4.78 is 65.9. The van der Waals surface area contributed by atoms with E-state index >= 15 is 0 Å². The zero-order valence-electron chi connectivity index (χ0n) is 11.0. The summed E-state index contributed by atoms with van der Waals surface area (Å²) in [4.78, 5) is 10.3. The summed E-state index contributed by atoms with van der Waals surface area (Å²) in [6, 6.07) is 4.41. The lowest BCUT2D eigenvalue weighted by Gasteiger charge is -2.12. The summed E-state index contributed by atoms with van der Waals surface area (Å²) in [6.07, 6.45) is -1.81. The Labute approximate surface area is 121 Å². The highest BCUT2D eigenvalue weighted by atomic mass is 32.3. The zero-order valence-corrected chi connectivity index (χ0v) is 12.7. The molecule has 0 aliphatic rings. The second-order valence-corrected chi connectivity index (χ2v) is 6.83. The predicted molar refractivity (Wildman–Crippen MR) is 72.0 cm³/mol. The van der Waals surface area contributed by atoms with Crippen molar-refractivity contribution in [1.29, 1.82) is 0 Å². The number of amides is 1. The second kappa shape index (κ2) is 6.26. The molecule has 21 heavy (non-hydrogen) atoms. The molecule has 0 spiro atoms. The van der Waals surface area contributed by atoms with E-state index in [0.717, 1.165) is 12.1 Å². The molecule has 0 atom stereocenters. The van der Waals surface area contributed by atoms with Crippen LogP contribution in [0.15, 0.2) is 29.2 Å². The molecule has 0 saturated heterocycles. The van der Waals surface area contributed by atoms with Crippen LogP contribution >= 0.6 is 0 Å². The Morgan fingerprint density at radius 1 is 1.19 bits per heavy atom. The van der Waals surface area contributed by atoms with Crippen LogP contribution in [0.5, 0.6) is 0 Å². The molecule has 0 heterocycles. The summed E-state index contributed by atoms with van der Waals surface area (Å²) in [5, 5.41) is 0. The van der Waals surface area contributed by atoms with Crippen molar-refractivity contribution in [2.75, 3.05) is 4.72 Å². The Hall–Kier alpha value is -1.88. The average Bonchev–Trinajstić information content (AvgIpc) is 2.24. The molecule has 118 valence electrons. The summed E-state index contributed by atoms with van der Waals surface area (Å²) in [5.41, 5.74) is -0.537. The Morgan fingerprint density at radius 3 is 2.29 bits per heavy atom. The van der Waals surface area contributed by atoms with Crippen LogP contribution in [0.2, 0.25) is 0 Å². The van der Waals surface area contributed by atoms with E-state index in [0.29, 0.717) is 0 Å². The highest BCUT2D eigenvalue weighted by Gasteiger charge is 2.22. The molecular formula is C10H13FN2O6S2. The van der Waals surface area contributed by atoms with Gasteiger partial charge in [-0.1, -0.05) is 12.1 Å². The molecule has 0 aromatic heterocycles. The fraction of sp³-hybridized carbons (Fsp3) is 0.300. The summed E-state index contributed by atoms with van der Waals surface area (Å²) in [6.45, 7) is 3.01. The van der Waals surface area contributed by atoms with Gasteiger partial charge in [-0.05, 0) is 26.0 Å². The average molecular weight is 340 g/mol. The molecule has 1 aromatic rings. The molecule has 0 unspecified atom stereocenters. The third kappa shape index (κ3) is 5.55. The van der Waals surface area contributed by atoms with Crippen LogP contribution in [-0.2, 0) is 25.2 Å². The van der Waals surface area contributed by atoms with Gasteiger partial charge in [-0.2, -0.15) is 16.8 Å². The van der Waals surface area contributed by atoms with Crippen LogP contribution in [0, 0.1) is 0 Å². The normalized spacial score (nSPS) is 12.0. The van der Waals surface area contributed by atoms with Gasteiger partial charge in [0, 0.05) is 0 Å². The van der Waals surface area contributed by atoms with Gasteiger partial charge >= 0.3 is 26.5 Å². The van der Waals surface area contributed by atoms with Crippen LogP contribution in [0.25, 0.3) is 0 Å². The second-order valence-electron chi connectivity index (χ2n) is 4.10. The number of carbonyl (C=O) groups excluding carboxylic acids is 1. The molecule has 0 aliphatic heterocycles. The number of ether oxygens (including phenoxy) is 1. The maximum atomic E-state index is 13.0. The molecule has 0 bridgehead atoms. The molecule has 0 fully saturated rings. The number of anilines is 1. The molecule has 1 rings (SSSR count). The Bertz CT molecular complexity index is 730. The van der Waals surface area contributed by atoms with E-state index in [1.165, 1.54) is 30.7 Å². The van der Waals surface area contributed by atoms with E-state index in [-0.39, 0.29) is 0 Å². The van der Waals surface area contributed by atoms with E-state index in [9.17, 15) is 25.5 Å². The topological polar surface area (TPSA) is 119 Å². The van der Waals surface area contributed by atoms with Crippen molar-refractivity contribution < 1.29 is 30.3 Å². The van der Waals surface area contributed by atoms with Gasteiger partial charge in [0.2, 0.25) is 0 Å². The zero-order chi connectivity index (χ0) is 16.3. The van der Waals surface area contributed by atoms with Crippen molar-refractivity contribution in [3.8, 4) is 0 Å². The number of rotatable bonds is 5. The molecule has 0 radical (unpaired) electrons. The van der Waals surface area contributed by atoms with Crippen molar-refractivity contribution in [3.05, 3.63) is 24.3 Å². The van der Waals surface area contributed by atoms with Gasteiger partial charge in [-0.25, -0.2) is 9.52 Å². The fourth-order valence-corrected chi connectivity index (χ4v) is 2.76. The van der Waals surface area contributed by atoms with Crippen molar-refractivity contribution in [3.63, 3.8) is 0 Å². The minimum atomic E-state index is -5.12. The highest BCUT2D eigenvalue weighted by Crippen LogP contribution is 2.23. The molecule has 8 nitrogen and oxygen atoms in total. The minimum Gasteiger partial charge on any atom is -0.446 e. The third-order valence-corrected chi connectivity index (χ3v) is 3.76. The van der Waals surface area contributed by atoms with Gasteiger partial charge < -0.3 is 4.74 Å². The van der Waals surface area contributed by atoms with Gasteiger partial charge in [0.25, 0.3) is 0 Å². The van der Waals surface area contributed by atoms with Crippen LogP contribution in [0.4, 0.5) is 14.4 Å². The standard InChI is InChI=1S/C10H13FN2O6S2/c1-7(2)19-10(14)13-21(17,18)12-8-5-3-4-6-9(8)20(11,15)16/h3-7,12H,1-2H3,(H,13,14). The molecule has 0 saturated carbocycles. The van der Waals surface area contributed by atoms with E-state index in [1.807, 2.05) is 0 Å². The van der Waals surface area contributed by atoms with Crippen molar-refractivity contribution in [2.45, 2.75) is 24.8 Å². The third-order valence-electron chi connectivity index (χ3n) is 1.95. The SMILES string of the molecule is CC(C)OC(=O)NS(=O)(=O)Nc1ccccc1S(=O)(=O)F. The Morgan fingerprint density at radius 2 is 1.76 bits per heavy atom. The minimum absolute atomic E-state index is 0.537. The van der Waals surface area contributed by atoms with Crippen LogP contribution in [-0.4, -0.2) is 29.0 Å². The first-order chi connectivity index (χ1) is 9.51. The smallest absolute Gasteiger partial charge is 0.422 e. The van der Waals surface area contributed by atoms with Crippen molar-refractivity contribution in [1.82, 2.24) is 4.72 Å². The molecule has 11 heteroatoms. The number of hydrogen-bond acceptors (Lipinski definition) is 6. The quantitative estimate of drug-likeness (QED) is 0.776. The lowest BCUT2D eigenvalue weighted by Crippen LogP contribution is -2.37. The number of para-hydroxylation sites is 1. The largest absolute Gasteiger partial charge is 0.446 e. The number of halogens is 1. The van der Waals surface area contributed by atoms with Gasteiger partial charge in [-0.3, -0.25) is 4.72 Å². The highest BCUT2D eigenvalue weighted by molar-refractivity contribution is 7.91. The number of nitrogens with one attached hydrogen (secondary N) is 2. The Balaban J connectivity index is 2.98. The summed E-state index contributed by atoms with van der Waals surface area (Å²) >= 11 is 0. The monoisotopic (exact) mass is 340 g/mol. The molecule has 1 aromatic carbocycles. The summed E-state index contributed by atoms with van der Waals surface area (Å²) in [5.74, 6) is 0. The number of hydrogen-bond donors (Lipinski definition) is 2. The van der Waals surface area contributed by atoms with Gasteiger partial charge in [0.05, 0.1) is 11.8 Å². The van der Waals surface area contributed by atoms with E-state index in [2.05, 4.69) is 4.74 Å². The lowest BCUT2D eigenvalue weighted by molar-refractivity contribution is 0.121. The van der Waals surface area contributed by atoms with Crippen LogP contribution in [0.3, 0.4) is 0 Å². The maximum Gasteiger partial charge on any atom is 0.422 e. The van der Waals surface area contributed by atoms with Crippen LogP contribution < -0.4 is 9.44 Å². The molecule has 1 amide bonds. The maximum absolute atomic E-state index is 13.0. The molecule has 0 aliphatic carbocycles. The van der Waals surface area contributed by atoms with E-state index in [4.69, 9.17) is 0 Å². The lowest BCUT2D eigenvalue weighted by atomic mass is 10.3. The first kappa shape index (κ1) is 17.2. The van der Waals surface area contributed by atoms with Gasteiger partial charge in [0.15, 0.2) is 0 Å². The fourth-order valence-electron chi connectivity index (χ4n) is 1.28. The first-order valence-electron chi connectivity index (χ1n) is 5.56. The van der Waals surface area contributed by atoms with Crippen LogP contribution in [0.1, 0.15) is 13.8 Å². The number of benzene rings is 1. The van der Waals surface area contributed by atoms with Gasteiger partial charge in [0.1, 0.15) is 4.90 Å². The predicted octanol–water partition coefficient (Wildman–Crippen LogP) is 1.14. The molecule has 2 N–H and O–H groups in total. The summed E-state index contributed by atoms with van der Waals surface area (Å²) in [7, 11) is -9.59. The number of carbonyl (C=O) groups is 1. The van der Waals surface area contributed by atoms with Gasteiger partial charge in [-0.15, -0.1) is 3.89 Å². The molecular weight excluding hydrogens is 327 g/mol. The Kier molecular flexibility index (Phi) is 5.12. The van der Waals surface area contributed by atoms with Crippen molar-refractivity contribution in [2.24, 2.45) is 0 Å². The first-order valence-corrected chi connectivity index (χ1v) is 8.43. The van der Waals surface area contributed by atoms with Crippen molar-refractivity contribution >= 4 is 32.2 Å². The van der Waals surface area contributed by atoms with E-state index in [1.54, 1.807) is 4.72 Å².